The lowest BCUT2D eigenvalue weighted by Gasteiger charge is -2.06. The van der Waals surface area contributed by atoms with Crippen molar-refractivity contribution in [1.29, 1.82) is 0 Å². The van der Waals surface area contributed by atoms with Gasteiger partial charge in [0.2, 0.25) is 0 Å². The van der Waals surface area contributed by atoms with Gasteiger partial charge >= 0.3 is 0 Å². The minimum absolute atomic E-state index is 0.336. The van der Waals surface area contributed by atoms with Crippen molar-refractivity contribution < 1.29 is 14.3 Å². The van der Waals surface area contributed by atoms with Crippen LogP contribution < -0.4 is 15.6 Å². The van der Waals surface area contributed by atoms with Gasteiger partial charge in [-0.1, -0.05) is 18.2 Å². The van der Waals surface area contributed by atoms with E-state index in [2.05, 4.69) is 31.8 Å². The van der Waals surface area contributed by atoms with Gasteiger partial charge in [-0.15, -0.1) is 0 Å². The molecular formula is C16H16BrN3O3. The Morgan fingerprint density at radius 2 is 2.09 bits per heavy atom. The Bertz CT molecular complexity index is 725. The Kier molecular flexibility index (Phi) is 5.99. The van der Waals surface area contributed by atoms with Gasteiger partial charge in [-0.3, -0.25) is 20.4 Å². The lowest BCUT2D eigenvalue weighted by Crippen LogP contribution is -2.40. The third-order valence-corrected chi connectivity index (χ3v) is 3.28. The Labute approximate surface area is 142 Å². The van der Waals surface area contributed by atoms with E-state index >= 15 is 0 Å². The molecule has 0 aliphatic heterocycles. The number of rotatable bonds is 5. The zero-order valence-corrected chi connectivity index (χ0v) is 14.0. The second kappa shape index (κ2) is 8.19. The molecule has 1 aromatic heterocycles. The molecule has 7 heteroatoms. The number of benzene rings is 1. The quantitative estimate of drug-likeness (QED) is 0.553. The van der Waals surface area contributed by atoms with Gasteiger partial charge in [0, 0.05) is 22.3 Å². The van der Waals surface area contributed by atoms with Crippen molar-refractivity contribution in [3.63, 3.8) is 0 Å². The van der Waals surface area contributed by atoms with Crippen LogP contribution in [0.15, 0.2) is 47.1 Å². The number of amides is 2. The number of aromatic amines is 1. The van der Waals surface area contributed by atoms with E-state index in [1.54, 1.807) is 18.3 Å². The third kappa shape index (κ3) is 5.00. The van der Waals surface area contributed by atoms with E-state index in [0.29, 0.717) is 18.1 Å². The molecule has 0 fully saturated rings. The smallest absolute Gasteiger partial charge is 0.286 e. The Hall–Kier alpha value is -2.54. The van der Waals surface area contributed by atoms with E-state index in [1.807, 2.05) is 31.2 Å². The molecule has 2 aromatic rings. The second-order valence-electron chi connectivity index (χ2n) is 4.48. The molecule has 0 aliphatic carbocycles. The van der Waals surface area contributed by atoms with Crippen LogP contribution in [-0.2, 0) is 4.79 Å². The predicted molar refractivity (Wildman–Crippen MR) is 90.7 cm³/mol. The summed E-state index contributed by atoms with van der Waals surface area (Å²) in [5.41, 5.74) is 5.74. The maximum atomic E-state index is 11.8. The van der Waals surface area contributed by atoms with Gasteiger partial charge < -0.3 is 9.72 Å². The van der Waals surface area contributed by atoms with Crippen molar-refractivity contribution in [2.75, 3.05) is 6.61 Å². The van der Waals surface area contributed by atoms with Gasteiger partial charge in [0.15, 0.2) is 0 Å². The molecule has 6 nitrogen and oxygen atoms in total. The summed E-state index contributed by atoms with van der Waals surface area (Å²) in [7, 11) is 0. The molecule has 3 N–H and O–H groups in total. The molecule has 0 unspecified atom stereocenters. The molecule has 0 atom stereocenters. The average Bonchev–Trinajstić information content (AvgIpc) is 2.98. The highest BCUT2D eigenvalue weighted by atomic mass is 79.9. The molecule has 120 valence electrons. The highest BCUT2D eigenvalue weighted by Crippen LogP contribution is 2.19. The highest BCUT2D eigenvalue weighted by molar-refractivity contribution is 9.10. The van der Waals surface area contributed by atoms with Crippen molar-refractivity contribution in [2.45, 2.75) is 6.92 Å². The molecule has 2 rings (SSSR count). The van der Waals surface area contributed by atoms with Gasteiger partial charge in [0.1, 0.15) is 11.4 Å². The molecule has 0 aliphatic rings. The standard InChI is InChI=1S/C16H16BrN3O3/c1-2-23-14-6-4-3-5-11(14)7-8-15(21)19-20-16(22)13-9-12(17)10-18-13/h3-10,18H,2H2,1H3,(H,19,21)(H,20,22)/b8-7+. The van der Waals surface area contributed by atoms with Gasteiger partial charge in [-0.25, -0.2) is 0 Å². The monoisotopic (exact) mass is 377 g/mol. The Balaban J connectivity index is 1.91. The number of nitrogens with one attached hydrogen (secondary N) is 3. The fraction of sp³-hybridized carbons (Fsp3) is 0.125. The molecular weight excluding hydrogens is 362 g/mol. The number of hydrazine groups is 1. The fourth-order valence-corrected chi connectivity index (χ4v) is 2.14. The predicted octanol–water partition coefficient (Wildman–Crippen LogP) is 2.65. The first-order valence-corrected chi connectivity index (χ1v) is 7.73. The lowest BCUT2D eigenvalue weighted by molar-refractivity contribution is -0.117. The molecule has 0 bridgehead atoms. The van der Waals surface area contributed by atoms with Crippen molar-refractivity contribution in [3.05, 3.63) is 58.3 Å². The minimum Gasteiger partial charge on any atom is -0.493 e. The number of halogens is 1. The lowest BCUT2D eigenvalue weighted by atomic mass is 10.2. The van der Waals surface area contributed by atoms with E-state index < -0.39 is 11.8 Å². The topological polar surface area (TPSA) is 83.2 Å². The van der Waals surface area contributed by atoms with Crippen LogP contribution in [-0.4, -0.2) is 23.4 Å². The van der Waals surface area contributed by atoms with Crippen LogP contribution >= 0.6 is 15.9 Å². The van der Waals surface area contributed by atoms with Crippen molar-refractivity contribution in [3.8, 4) is 5.75 Å². The summed E-state index contributed by atoms with van der Waals surface area (Å²) >= 11 is 3.23. The second-order valence-corrected chi connectivity index (χ2v) is 5.39. The summed E-state index contributed by atoms with van der Waals surface area (Å²) in [5, 5.41) is 0. The first-order chi connectivity index (χ1) is 11.1. The summed E-state index contributed by atoms with van der Waals surface area (Å²) in [6.07, 6.45) is 4.57. The van der Waals surface area contributed by atoms with Gasteiger partial charge in [-0.2, -0.15) is 0 Å². The number of hydrogen-bond donors (Lipinski definition) is 3. The zero-order chi connectivity index (χ0) is 16.7. The van der Waals surface area contributed by atoms with E-state index in [0.717, 1.165) is 10.0 Å². The van der Waals surface area contributed by atoms with E-state index in [9.17, 15) is 9.59 Å². The summed E-state index contributed by atoms with van der Waals surface area (Å²) in [5.74, 6) is -0.193. The van der Waals surface area contributed by atoms with Gasteiger partial charge in [-0.05, 0) is 41.1 Å². The SMILES string of the molecule is CCOc1ccccc1/C=C/C(=O)NNC(=O)c1cc(Br)c[nH]1. The fourth-order valence-electron chi connectivity index (χ4n) is 1.80. The van der Waals surface area contributed by atoms with Crippen LogP contribution in [0, 0.1) is 0 Å². The molecule has 0 radical (unpaired) electrons. The molecule has 0 saturated carbocycles. The maximum absolute atomic E-state index is 11.8. The number of aromatic nitrogens is 1. The number of hydrogen-bond acceptors (Lipinski definition) is 3. The minimum atomic E-state index is -0.449. The van der Waals surface area contributed by atoms with E-state index in [-0.39, 0.29) is 0 Å². The average molecular weight is 378 g/mol. The molecule has 1 heterocycles. The van der Waals surface area contributed by atoms with Crippen molar-refractivity contribution >= 4 is 33.8 Å². The first-order valence-electron chi connectivity index (χ1n) is 6.94. The number of carbonyl (C=O) groups excluding carboxylic acids is 2. The van der Waals surface area contributed by atoms with Crippen LogP contribution in [0.3, 0.4) is 0 Å². The van der Waals surface area contributed by atoms with Crippen molar-refractivity contribution in [2.24, 2.45) is 0 Å². The summed E-state index contributed by atoms with van der Waals surface area (Å²) in [6.45, 7) is 2.43. The summed E-state index contributed by atoms with van der Waals surface area (Å²) in [4.78, 5) is 26.3. The first kappa shape index (κ1) is 16.8. The Morgan fingerprint density at radius 1 is 1.30 bits per heavy atom. The number of ether oxygens (including phenoxy) is 1. The van der Waals surface area contributed by atoms with Crippen LogP contribution in [0.25, 0.3) is 6.08 Å². The van der Waals surface area contributed by atoms with Gasteiger partial charge in [0.05, 0.1) is 6.61 Å². The third-order valence-electron chi connectivity index (χ3n) is 2.82. The van der Waals surface area contributed by atoms with Crippen LogP contribution in [0.1, 0.15) is 23.0 Å². The van der Waals surface area contributed by atoms with Crippen molar-refractivity contribution in [1.82, 2.24) is 15.8 Å². The van der Waals surface area contributed by atoms with Crippen LogP contribution in [0.5, 0.6) is 5.75 Å². The normalized spacial score (nSPS) is 10.5. The summed E-state index contributed by atoms with van der Waals surface area (Å²) < 4.78 is 6.22. The highest BCUT2D eigenvalue weighted by Gasteiger charge is 2.08. The van der Waals surface area contributed by atoms with Crippen LogP contribution in [0.4, 0.5) is 0 Å². The number of H-pyrrole nitrogens is 1. The molecule has 0 spiro atoms. The summed E-state index contributed by atoms with van der Waals surface area (Å²) in [6, 6.07) is 8.98. The van der Waals surface area contributed by atoms with E-state index in [4.69, 9.17) is 4.74 Å². The molecule has 23 heavy (non-hydrogen) atoms. The number of carbonyl (C=O) groups is 2. The molecule has 2 amide bonds. The van der Waals surface area contributed by atoms with Crippen LogP contribution in [0.2, 0.25) is 0 Å². The largest absolute Gasteiger partial charge is 0.493 e. The number of para-hydroxylation sites is 1. The van der Waals surface area contributed by atoms with E-state index in [1.165, 1.54) is 6.08 Å². The molecule has 0 saturated heterocycles. The van der Waals surface area contributed by atoms with Gasteiger partial charge in [0.25, 0.3) is 11.8 Å². The molecule has 1 aromatic carbocycles. The Morgan fingerprint density at radius 3 is 2.78 bits per heavy atom. The zero-order valence-electron chi connectivity index (χ0n) is 12.4. The maximum Gasteiger partial charge on any atom is 0.286 e.